The molecule has 0 atom stereocenters. The van der Waals surface area contributed by atoms with Gasteiger partial charge in [0.25, 0.3) is 0 Å². The highest BCUT2D eigenvalue weighted by atomic mass is 79.9. The van der Waals surface area contributed by atoms with Gasteiger partial charge in [0.1, 0.15) is 5.69 Å². The van der Waals surface area contributed by atoms with Crippen molar-refractivity contribution in [1.82, 2.24) is 24.8 Å². The van der Waals surface area contributed by atoms with Crippen LogP contribution in [0.15, 0.2) is 10.7 Å². The van der Waals surface area contributed by atoms with E-state index in [1.807, 2.05) is 31.8 Å². The van der Waals surface area contributed by atoms with Crippen LogP contribution in [0.3, 0.4) is 0 Å². The first-order valence-electron chi connectivity index (χ1n) is 4.62. The molecule has 15 heavy (non-hydrogen) atoms. The number of hydrogen-bond acceptors (Lipinski definition) is 3. The van der Waals surface area contributed by atoms with Crippen LogP contribution in [0.5, 0.6) is 0 Å². The highest BCUT2D eigenvalue weighted by Gasteiger charge is 2.09. The zero-order valence-corrected chi connectivity index (χ0v) is 10.5. The summed E-state index contributed by atoms with van der Waals surface area (Å²) in [5.41, 5.74) is 3.02. The first-order valence-corrected chi connectivity index (χ1v) is 5.42. The number of aryl methyl sites for hydroxylation is 2. The molecule has 0 saturated carbocycles. The van der Waals surface area contributed by atoms with Crippen molar-refractivity contribution in [2.45, 2.75) is 20.4 Å². The first kappa shape index (κ1) is 10.4. The molecule has 2 aromatic rings. The van der Waals surface area contributed by atoms with E-state index in [1.165, 1.54) is 0 Å². The Hall–Kier alpha value is -1.17. The Labute approximate surface area is 96.2 Å². The number of hydrogen-bond donors (Lipinski definition) is 0. The van der Waals surface area contributed by atoms with Gasteiger partial charge in [0.2, 0.25) is 0 Å². The summed E-state index contributed by atoms with van der Waals surface area (Å²) in [6, 6.07) is 0. The van der Waals surface area contributed by atoms with Crippen molar-refractivity contribution >= 4 is 15.9 Å². The third kappa shape index (κ3) is 1.94. The minimum atomic E-state index is 0.659. The average Bonchev–Trinajstić information content (AvgIpc) is 2.68. The van der Waals surface area contributed by atoms with Gasteiger partial charge >= 0.3 is 0 Å². The lowest BCUT2D eigenvalue weighted by molar-refractivity contribution is 0.643. The van der Waals surface area contributed by atoms with Crippen LogP contribution >= 0.6 is 15.9 Å². The van der Waals surface area contributed by atoms with Gasteiger partial charge in [-0.3, -0.25) is 9.36 Å². The number of aromatic nitrogens is 5. The summed E-state index contributed by atoms with van der Waals surface area (Å²) in [4.78, 5) is 0. The summed E-state index contributed by atoms with van der Waals surface area (Å²) >= 11 is 3.49. The molecule has 0 aliphatic carbocycles. The highest BCUT2D eigenvalue weighted by molar-refractivity contribution is 9.10. The van der Waals surface area contributed by atoms with Crippen LogP contribution in [0.4, 0.5) is 0 Å². The molecular formula is C9H12BrN5. The van der Waals surface area contributed by atoms with Crippen molar-refractivity contribution < 1.29 is 0 Å². The van der Waals surface area contributed by atoms with Crippen LogP contribution in [-0.4, -0.2) is 24.8 Å². The van der Waals surface area contributed by atoms with Crippen molar-refractivity contribution in [3.05, 3.63) is 27.8 Å². The molecule has 2 aromatic heterocycles. The van der Waals surface area contributed by atoms with Crippen LogP contribution in [0.2, 0.25) is 0 Å². The predicted molar refractivity (Wildman–Crippen MR) is 59.5 cm³/mol. The Bertz CT molecular complexity index is 485. The Morgan fingerprint density at radius 2 is 2.13 bits per heavy atom. The zero-order chi connectivity index (χ0) is 11.0. The van der Waals surface area contributed by atoms with Gasteiger partial charge < -0.3 is 0 Å². The quantitative estimate of drug-likeness (QED) is 0.829. The highest BCUT2D eigenvalue weighted by Crippen LogP contribution is 2.20. The van der Waals surface area contributed by atoms with Crippen molar-refractivity contribution in [1.29, 1.82) is 0 Å². The van der Waals surface area contributed by atoms with Gasteiger partial charge in [-0.15, -0.1) is 5.10 Å². The molecule has 80 valence electrons. The Kier molecular flexibility index (Phi) is 2.60. The first-order chi connectivity index (χ1) is 7.08. The van der Waals surface area contributed by atoms with Gasteiger partial charge in [0, 0.05) is 13.2 Å². The molecule has 0 aliphatic heterocycles. The molecular weight excluding hydrogens is 258 g/mol. The van der Waals surface area contributed by atoms with Gasteiger partial charge in [0.15, 0.2) is 0 Å². The standard InChI is InChI=1S/C9H12BrN5/c1-6-9(10)7(2)15(12-6)5-8-4-14(3)13-11-8/h4H,5H2,1-3H3. The molecule has 0 fully saturated rings. The van der Waals surface area contributed by atoms with Crippen molar-refractivity contribution in [2.24, 2.45) is 7.05 Å². The van der Waals surface area contributed by atoms with Crippen LogP contribution in [0.25, 0.3) is 0 Å². The van der Waals surface area contributed by atoms with E-state index in [4.69, 9.17) is 0 Å². The molecule has 0 spiro atoms. The largest absolute Gasteiger partial charge is 0.262 e. The zero-order valence-electron chi connectivity index (χ0n) is 8.90. The second-order valence-electron chi connectivity index (χ2n) is 3.53. The lowest BCUT2D eigenvalue weighted by Gasteiger charge is -2.00. The van der Waals surface area contributed by atoms with Gasteiger partial charge in [-0.1, -0.05) is 5.21 Å². The average molecular weight is 270 g/mol. The number of rotatable bonds is 2. The molecule has 0 radical (unpaired) electrons. The summed E-state index contributed by atoms with van der Waals surface area (Å²) in [6.07, 6.45) is 1.89. The van der Waals surface area contributed by atoms with E-state index in [9.17, 15) is 0 Å². The SMILES string of the molecule is Cc1nn(Cc2cn(C)nn2)c(C)c1Br. The van der Waals surface area contributed by atoms with Crippen molar-refractivity contribution in [2.75, 3.05) is 0 Å². The topological polar surface area (TPSA) is 48.5 Å². The van der Waals surface area contributed by atoms with E-state index < -0.39 is 0 Å². The molecule has 0 amide bonds. The minimum absolute atomic E-state index is 0.659. The lowest BCUT2D eigenvalue weighted by atomic mass is 10.4. The summed E-state index contributed by atoms with van der Waals surface area (Å²) in [5.74, 6) is 0. The normalized spacial score (nSPS) is 10.9. The molecule has 5 nitrogen and oxygen atoms in total. The minimum Gasteiger partial charge on any atom is -0.262 e. The van der Waals surface area contributed by atoms with E-state index in [0.717, 1.165) is 21.6 Å². The summed E-state index contributed by atoms with van der Waals surface area (Å²) in [6.45, 7) is 4.66. The number of halogens is 1. The summed E-state index contributed by atoms with van der Waals surface area (Å²) < 4.78 is 4.67. The monoisotopic (exact) mass is 269 g/mol. The molecule has 2 rings (SSSR count). The van der Waals surface area contributed by atoms with Gasteiger partial charge in [-0.25, -0.2) is 0 Å². The molecule has 0 aliphatic rings. The van der Waals surface area contributed by atoms with E-state index in [-0.39, 0.29) is 0 Å². The molecule has 6 heteroatoms. The Balaban J connectivity index is 2.28. The molecule has 0 bridgehead atoms. The Morgan fingerprint density at radius 3 is 2.60 bits per heavy atom. The van der Waals surface area contributed by atoms with E-state index >= 15 is 0 Å². The smallest absolute Gasteiger partial charge is 0.104 e. The third-order valence-corrected chi connectivity index (χ3v) is 3.40. The van der Waals surface area contributed by atoms with Crippen LogP contribution in [0.1, 0.15) is 17.1 Å². The fourth-order valence-corrected chi connectivity index (χ4v) is 1.73. The Morgan fingerprint density at radius 1 is 1.40 bits per heavy atom. The third-order valence-electron chi connectivity index (χ3n) is 2.26. The number of nitrogens with zero attached hydrogens (tertiary/aromatic N) is 5. The fraction of sp³-hybridized carbons (Fsp3) is 0.444. The van der Waals surface area contributed by atoms with Gasteiger partial charge in [0.05, 0.1) is 22.4 Å². The maximum atomic E-state index is 4.41. The maximum absolute atomic E-state index is 4.41. The predicted octanol–water partition coefficient (Wildman–Crippen LogP) is 1.44. The summed E-state index contributed by atoms with van der Waals surface area (Å²) in [5, 5.41) is 12.3. The fourth-order valence-electron chi connectivity index (χ4n) is 1.45. The van der Waals surface area contributed by atoms with Gasteiger partial charge in [-0.2, -0.15) is 5.10 Å². The molecule has 2 heterocycles. The van der Waals surface area contributed by atoms with Gasteiger partial charge in [-0.05, 0) is 29.8 Å². The maximum Gasteiger partial charge on any atom is 0.104 e. The van der Waals surface area contributed by atoms with Crippen LogP contribution in [-0.2, 0) is 13.6 Å². The lowest BCUT2D eigenvalue weighted by Crippen LogP contribution is -2.04. The van der Waals surface area contributed by atoms with E-state index in [0.29, 0.717) is 6.54 Å². The van der Waals surface area contributed by atoms with Crippen LogP contribution < -0.4 is 0 Å². The van der Waals surface area contributed by atoms with Crippen molar-refractivity contribution in [3.63, 3.8) is 0 Å². The summed E-state index contributed by atoms with van der Waals surface area (Å²) in [7, 11) is 1.85. The van der Waals surface area contributed by atoms with E-state index in [2.05, 4.69) is 31.3 Å². The van der Waals surface area contributed by atoms with E-state index in [1.54, 1.807) is 4.68 Å². The second-order valence-corrected chi connectivity index (χ2v) is 4.32. The molecule has 0 saturated heterocycles. The molecule has 0 N–H and O–H groups in total. The molecule has 0 aromatic carbocycles. The second kappa shape index (κ2) is 3.77. The van der Waals surface area contributed by atoms with Crippen molar-refractivity contribution in [3.8, 4) is 0 Å². The molecule has 0 unspecified atom stereocenters. The van der Waals surface area contributed by atoms with Crippen LogP contribution in [0, 0.1) is 13.8 Å².